The van der Waals surface area contributed by atoms with E-state index in [1.165, 1.54) is 0 Å². The Bertz CT molecular complexity index is 548. The predicted molar refractivity (Wildman–Crippen MR) is 99.6 cm³/mol. The lowest BCUT2D eigenvalue weighted by Gasteiger charge is -2.47. The van der Waals surface area contributed by atoms with Crippen LogP contribution >= 0.6 is 0 Å². The Morgan fingerprint density at radius 1 is 0.929 bits per heavy atom. The molecule has 0 aromatic carbocycles. The zero-order chi connectivity index (χ0) is 20.9. The van der Waals surface area contributed by atoms with E-state index in [9.17, 15) is 5.11 Å². The van der Waals surface area contributed by atoms with Gasteiger partial charge >= 0.3 is 0 Å². The van der Waals surface area contributed by atoms with E-state index in [-0.39, 0.29) is 37.6 Å². The molecule has 8 nitrogen and oxygen atoms in total. The maximum Gasteiger partial charge on any atom is 0.230 e. The van der Waals surface area contributed by atoms with Crippen LogP contribution in [0.15, 0.2) is 0 Å². The molecule has 0 unspecified atom stereocenters. The minimum atomic E-state index is -1.29. The van der Waals surface area contributed by atoms with E-state index in [4.69, 9.17) is 33.2 Å². The highest BCUT2D eigenvalue weighted by atomic mass is 16.9. The van der Waals surface area contributed by atoms with Gasteiger partial charge < -0.3 is 38.3 Å². The number of hydrogen-bond acceptors (Lipinski definition) is 8. The van der Waals surface area contributed by atoms with Crippen LogP contribution in [-0.4, -0.2) is 78.4 Å². The van der Waals surface area contributed by atoms with Gasteiger partial charge in [-0.25, -0.2) is 0 Å². The molecule has 164 valence electrons. The van der Waals surface area contributed by atoms with E-state index in [0.717, 1.165) is 0 Å². The molecule has 1 N–H and O–H groups in total. The molecule has 0 spiro atoms. The van der Waals surface area contributed by atoms with Gasteiger partial charge in [-0.15, -0.1) is 0 Å². The van der Waals surface area contributed by atoms with Crippen molar-refractivity contribution in [3.8, 4) is 0 Å². The number of ether oxygens (including phenoxy) is 7. The van der Waals surface area contributed by atoms with Crippen LogP contribution in [0.2, 0.25) is 0 Å². The van der Waals surface area contributed by atoms with Gasteiger partial charge in [0.1, 0.15) is 30.5 Å². The van der Waals surface area contributed by atoms with Crippen molar-refractivity contribution in [2.24, 2.45) is 0 Å². The molecule has 6 atom stereocenters. The summed E-state index contributed by atoms with van der Waals surface area (Å²) in [7, 11) is 0. The van der Waals surface area contributed by atoms with Gasteiger partial charge in [0.15, 0.2) is 11.6 Å². The van der Waals surface area contributed by atoms with E-state index in [2.05, 4.69) is 0 Å². The van der Waals surface area contributed by atoms with Crippen molar-refractivity contribution in [1.29, 1.82) is 0 Å². The second kappa shape index (κ2) is 7.74. The fourth-order valence-corrected chi connectivity index (χ4v) is 4.32. The van der Waals surface area contributed by atoms with Crippen molar-refractivity contribution in [3.05, 3.63) is 0 Å². The topological polar surface area (TPSA) is 84.8 Å². The van der Waals surface area contributed by atoms with Crippen molar-refractivity contribution >= 4 is 0 Å². The first-order valence-electron chi connectivity index (χ1n) is 10.2. The Hall–Kier alpha value is -0.320. The van der Waals surface area contributed by atoms with E-state index in [1.54, 1.807) is 0 Å². The number of aliphatic hydroxyl groups is 1. The highest BCUT2D eigenvalue weighted by Crippen LogP contribution is 2.50. The quantitative estimate of drug-likeness (QED) is 0.689. The molecule has 3 heterocycles. The third-order valence-corrected chi connectivity index (χ3v) is 4.99. The zero-order valence-corrected chi connectivity index (χ0v) is 18.3. The van der Waals surface area contributed by atoms with Crippen molar-refractivity contribution in [1.82, 2.24) is 0 Å². The molecule has 0 saturated carbocycles. The Balaban J connectivity index is 2.00. The number of fused-ring (bicyclic) bond motifs is 3. The maximum absolute atomic E-state index is 10.1. The highest BCUT2D eigenvalue weighted by Gasteiger charge is 2.69. The zero-order valence-electron chi connectivity index (χ0n) is 18.3. The van der Waals surface area contributed by atoms with Crippen molar-refractivity contribution < 1.29 is 38.3 Å². The van der Waals surface area contributed by atoms with Gasteiger partial charge in [-0.1, -0.05) is 0 Å². The van der Waals surface area contributed by atoms with Gasteiger partial charge in [0.2, 0.25) is 5.79 Å². The first kappa shape index (κ1) is 22.4. The van der Waals surface area contributed by atoms with Gasteiger partial charge in [-0.2, -0.15) is 0 Å². The van der Waals surface area contributed by atoms with Crippen LogP contribution in [0.4, 0.5) is 0 Å². The second-order valence-corrected chi connectivity index (χ2v) is 9.22. The molecular formula is C20H36O8. The summed E-state index contributed by atoms with van der Waals surface area (Å²) in [6, 6.07) is 0. The molecule has 0 aromatic heterocycles. The smallest absolute Gasteiger partial charge is 0.230 e. The summed E-state index contributed by atoms with van der Waals surface area (Å²) in [4.78, 5) is 0. The lowest BCUT2D eigenvalue weighted by atomic mass is 9.90. The molecule has 3 aliphatic heterocycles. The molecule has 3 fully saturated rings. The van der Waals surface area contributed by atoms with Gasteiger partial charge in [-0.05, 0) is 55.4 Å². The number of aliphatic hydroxyl groups excluding tert-OH is 1. The Morgan fingerprint density at radius 2 is 1.57 bits per heavy atom. The monoisotopic (exact) mass is 404 g/mol. The predicted octanol–water partition coefficient (Wildman–Crippen LogP) is 1.96. The van der Waals surface area contributed by atoms with Crippen molar-refractivity contribution in [3.63, 3.8) is 0 Å². The molecule has 3 rings (SSSR count). The van der Waals surface area contributed by atoms with E-state index < -0.39 is 35.7 Å². The van der Waals surface area contributed by atoms with Gasteiger partial charge in [-0.3, -0.25) is 0 Å². The van der Waals surface area contributed by atoms with Crippen LogP contribution in [0.1, 0.15) is 55.4 Å². The van der Waals surface area contributed by atoms with Crippen molar-refractivity contribution in [2.45, 2.75) is 115 Å². The maximum atomic E-state index is 10.1. The molecule has 0 aliphatic carbocycles. The summed E-state index contributed by atoms with van der Waals surface area (Å²) >= 11 is 0. The van der Waals surface area contributed by atoms with E-state index in [1.807, 2.05) is 55.4 Å². The number of hydrogen-bond donors (Lipinski definition) is 1. The van der Waals surface area contributed by atoms with E-state index in [0.29, 0.717) is 0 Å². The third kappa shape index (κ3) is 4.25. The number of rotatable bonds is 7. The van der Waals surface area contributed by atoms with E-state index >= 15 is 0 Å². The SMILES string of the molecule is CC(C)O[C@H]([C@@H](CO)OC(C)C)[C@@]12OC[C@H]3OC(C)(C)O[C@H]3[C@@H]1OC(C)(C)O2. The summed E-state index contributed by atoms with van der Waals surface area (Å²) in [6.45, 7) is 15.1. The molecule has 0 radical (unpaired) electrons. The summed E-state index contributed by atoms with van der Waals surface area (Å²) in [5, 5.41) is 10.1. The van der Waals surface area contributed by atoms with Crippen LogP contribution in [0.3, 0.4) is 0 Å². The standard InChI is InChI=1S/C20H36O8/c1-11(2)23-13(9-21)16(24-12(3)4)20-17(27-19(7,8)28-20)15-14(10-22-20)25-18(5,6)26-15/h11-17,21H,9-10H2,1-8H3/t13-,14-,15-,16-,17+,20+/m1/s1. The fraction of sp³-hybridized carbons (Fsp3) is 1.00. The molecule has 0 aromatic rings. The molecule has 8 heteroatoms. The normalized spacial score (nSPS) is 38.5. The van der Waals surface area contributed by atoms with Crippen LogP contribution < -0.4 is 0 Å². The summed E-state index contributed by atoms with van der Waals surface area (Å²) in [5.74, 6) is -2.96. The lowest BCUT2D eigenvalue weighted by Crippen LogP contribution is -2.67. The first-order chi connectivity index (χ1) is 12.9. The summed E-state index contributed by atoms with van der Waals surface area (Å²) in [6.07, 6.45) is -2.89. The molecule has 0 amide bonds. The summed E-state index contributed by atoms with van der Waals surface area (Å²) in [5.41, 5.74) is 0. The lowest BCUT2D eigenvalue weighted by molar-refractivity contribution is -0.346. The van der Waals surface area contributed by atoms with Crippen LogP contribution in [0, 0.1) is 0 Å². The molecule has 3 aliphatic rings. The van der Waals surface area contributed by atoms with Gasteiger partial charge in [0.05, 0.1) is 25.4 Å². The molecular weight excluding hydrogens is 368 g/mol. The third-order valence-electron chi connectivity index (χ3n) is 4.99. The minimum absolute atomic E-state index is 0.109. The largest absolute Gasteiger partial charge is 0.394 e. The van der Waals surface area contributed by atoms with Crippen LogP contribution in [0.5, 0.6) is 0 Å². The van der Waals surface area contributed by atoms with Crippen molar-refractivity contribution in [2.75, 3.05) is 13.2 Å². The first-order valence-corrected chi connectivity index (χ1v) is 10.2. The molecule has 3 saturated heterocycles. The summed E-state index contributed by atoms with van der Waals surface area (Å²) < 4.78 is 43.3. The average molecular weight is 405 g/mol. The van der Waals surface area contributed by atoms with Gasteiger partial charge in [0, 0.05) is 0 Å². The van der Waals surface area contributed by atoms with Gasteiger partial charge in [0.25, 0.3) is 0 Å². The Morgan fingerprint density at radius 3 is 2.14 bits per heavy atom. The highest BCUT2D eigenvalue weighted by molar-refractivity contribution is 5.08. The minimum Gasteiger partial charge on any atom is -0.394 e. The Kier molecular flexibility index (Phi) is 6.18. The van der Waals surface area contributed by atoms with Crippen LogP contribution in [0.25, 0.3) is 0 Å². The fourth-order valence-electron chi connectivity index (χ4n) is 4.32. The average Bonchev–Trinajstić information content (AvgIpc) is 3.01. The molecule has 0 bridgehead atoms. The Labute approximate surface area is 167 Å². The van der Waals surface area contributed by atoms with Crippen LogP contribution in [-0.2, 0) is 33.2 Å². The molecule has 28 heavy (non-hydrogen) atoms. The second-order valence-electron chi connectivity index (χ2n) is 9.22.